The summed E-state index contributed by atoms with van der Waals surface area (Å²) in [6.45, 7) is 5.84. The lowest BCUT2D eigenvalue weighted by Crippen LogP contribution is -2.37. The summed E-state index contributed by atoms with van der Waals surface area (Å²) < 4.78 is 38.7. The van der Waals surface area contributed by atoms with E-state index in [1.54, 1.807) is 22.3 Å². The number of nitrogens with one attached hydrogen (secondary N) is 1. The third-order valence-corrected chi connectivity index (χ3v) is 7.10. The van der Waals surface area contributed by atoms with Gasteiger partial charge in [0.1, 0.15) is 0 Å². The Kier molecular flexibility index (Phi) is 7.15. The van der Waals surface area contributed by atoms with Gasteiger partial charge in [-0.1, -0.05) is 0 Å². The van der Waals surface area contributed by atoms with Crippen LogP contribution in [0.5, 0.6) is 11.5 Å². The first-order valence-electron chi connectivity index (χ1n) is 9.67. The summed E-state index contributed by atoms with van der Waals surface area (Å²) in [4.78, 5) is 15.7. The van der Waals surface area contributed by atoms with E-state index in [9.17, 15) is 13.2 Å². The monoisotopic (exact) mass is 438 g/mol. The fraction of sp³-hybridized carbons (Fsp3) is 0.450. The van der Waals surface area contributed by atoms with Gasteiger partial charge >= 0.3 is 0 Å². The fourth-order valence-electron chi connectivity index (χ4n) is 3.19. The topological polar surface area (TPSA) is 84.9 Å². The summed E-state index contributed by atoms with van der Waals surface area (Å²) in [7, 11) is -3.75. The Labute approximate surface area is 175 Å². The Bertz CT molecular complexity index is 956. The van der Waals surface area contributed by atoms with Gasteiger partial charge in [0.25, 0.3) is 0 Å². The van der Waals surface area contributed by atoms with Crippen molar-refractivity contribution in [2.75, 3.05) is 26.3 Å². The van der Waals surface area contributed by atoms with Gasteiger partial charge in [-0.05, 0) is 49.4 Å². The Morgan fingerprint density at radius 3 is 2.69 bits per heavy atom. The second-order valence-corrected chi connectivity index (χ2v) is 9.32. The highest BCUT2D eigenvalue weighted by Gasteiger charge is 2.22. The van der Waals surface area contributed by atoms with Crippen LogP contribution < -0.4 is 14.2 Å². The van der Waals surface area contributed by atoms with E-state index in [1.165, 1.54) is 22.6 Å². The van der Waals surface area contributed by atoms with Gasteiger partial charge in [-0.25, -0.2) is 13.1 Å². The van der Waals surface area contributed by atoms with Crippen molar-refractivity contribution in [2.24, 2.45) is 0 Å². The van der Waals surface area contributed by atoms with Crippen molar-refractivity contribution in [3.05, 3.63) is 40.1 Å². The number of hydrogen-bond donors (Lipinski definition) is 1. The summed E-state index contributed by atoms with van der Waals surface area (Å²) in [6.07, 6.45) is 0.977. The molecule has 1 aromatic heterocycles. The number of nitrogens with zero attached hydrogens (tertiary/aromatic N) is 1. The molecule has 1 aromatic carbocycles. The quantitative estimate of drug-likeness (QED) is 0.651. The number of sulfonamides is 1. The predicted octanol–water partition coefficient (Wildman–Crippen LogP) is 2.80. The van der Waals surface area contributed by atoms with Crippen LogP contribution in [0.4, 0.5) is 0 Å². The number of fused-ring (bicyclic) bond motifs is 1. The number of thiophene rings is 1. The van der Waals surface area contributed by atoms with Crippen molar-refractivity contribution in [3.63, 3.8) is 0 Å². The van der Waals surface area contributed by atoms with Crippen LogP contribution in [0.15, 0.2) is 34.5 Å². The number of rotatable bonds is 9. The maximum Gasteiger partial charge on any atom is 0.240 e. The molecule has 1 amide bonds. The number of carbonyl (C=O) groups is 1. The van der Waals surface area contributed by atoms with Crippen LogP contribution in [-0.4, -0.2) is 45.5 Å². The zero-order chi connectivity index (χ0) is 20.9. The number of benzene rings is 1. The predicted molar refractivity (Wildman–Crippen MR) is 112 cm³/mol. The third-order valence-electron chi connectivity index (χ3n) is 4.62. The van der Waals surface area contributed by atoms with E-state index >= 15 is 0 Å². The maximum absolute atomic E-state index is 12.6. The third kappa shape index (κ3) is 5.29. The van der Waals surface area contributed by atoms with E-state index in [4.69, 9.17) is 9.47 Å². The lowest BCUT2D eigenvalue weighted by molar-refractivity contribution is -0.131. The molecule has 0 saturated heterocycles. The van der Waals surface area contributed by atoms with Gasteiger partial charge in [0.2, 0.25) is 15.9 Å². The molecule has 0 bridgehead atoms. The Hall–Kier alpha value is -2.10. The molecule has 1 aliphatic rings. The lowest BCUT2D eigenvalue weighted by atomic mass is 10.1. The summed E-state index contributed by atoms with van der Waals surface area (Å²) in [5.41, 5.74) is 1.19. The zero-order valence-corrected chi connectivity index (χ0v) is 18.3. The molecule has 2 aromatic rings. The van der Waals surface area contributed by atoms with Crippen LogP contribution in [0, 0.1) is 0 Å². The van der Waals surface area contributed by atoms with E-state index < -0.39 is 10.0 Å². The molecule has 1 aliphatic heterocycles. The maximum atomic E-state index is 12.6. The molecule has 0 aliphatic carbocycles. The van der Waals surface area contributed by atoms with Gasteiger partial charge < -0.3 is 14.4 Å². The highest BCUT2D eigenvalue weighted by molar-refractivity contribution is 7.89. The van der Waals surface area contributed by atoms with Gasteiger partial charge in [0, 0.05) is 37.0 Å². The van der Waals surface area contributed by atoms with Crippen molar-refractivity contribution in [3.8, 4) is 11.5 Å². The average molecular weight is 439 g/mol. The Balaban J connectivity index is 1.58. The minimum atomic E-state index is -3.75. The molecule has 0 spiro atoms. The number of carbonyl (C=O) groups excluding carboxylic acids is 1. The first kappa shape index (κ1) is 21.6. The molecule has 9 heteroatoms. The number of hydrogen-bond acceptors (Lipinski definition) is 6. The average Bonchev–Trinajstić information content (AvgIpc) is 3.17. The molecule has 158 valence electrons. The normalized spacial score (nSPS) is 13.8. The molecule has 1 N–H and O–H groups in total. The number of ether oxygens (including phenoxy) is 2. The van der Waals surface area contributed by atoms with Crippen molar-refractivity contribution in [1.29, 1.82) is 0 Å². The van der Waals surface area contributed by atoms with Crippen LogP contribution in [0.1, 0.15) is 30.7 Å². The van der Waals surface area contributed by atoms with Crippen LogP contribution in [-0.2, 0) is 27.8 Å². The molecular formula is C20H26N2O5S2. The van der Waals surface area contributed by atoms with E-state index in [0.717, 1.165) is 6.42 Å². The van der Waals surface area contributed by atoms with Gasteiger partial charge in [-0.15, -0.1) is 11.3 Å². The molecular weight excluding hydrogens is 412 g/mol. The van der Waals surface area contributed by atoms with Crippen LogP contribution in [0.2, 0.25) is 0 Å². The molecule has 0 unspecified atom stereocenters. The second kappa shape index (κ2) is 9.60. The molecule has 7 nitrogen and oxygen atoms in total. The molecule has 2 heterocycles. The minimum Gasteiger partial charge on any atom is -0.490 e. The van der Waals surface area contributed by atoms with E-state index in [1.807, 2.05) is 25.3 Å². The smallest absolute Gasteiger partial charge is 0.240 e. The van der Waals surface area contributed by atoms with Gasteiger partial charge in [0.15, 0.2) is 11.5 Å². The molecule has 0 atom stereocenters. The SMILES string of the molecule is CCOc1ccc(S(=O)(=O)NCCC(=O)N2CCc3sccc3C2)cc1OCC. The second-order valence-electron chi connectivity index (χ2n) is 6.56. The van der Waals surface area contributed by atoms with Crippen molar-refractivity contribution >= 4 is 27.3 Å². The lowest BCUT2D eigenvalue weighted by Gasteiger charge is -2.27. The van der Waals surface area contributed by atoms with Crippen LogP contribution >= 0.6 is 11.3 Å². The van der Waals surface area contributed by atoms with Gasteiger partial charge in [0.05, 0.1) is 18.1 Å². The van der Waals surface area contributed by atoms with Crippen molar-refractivity contribution < 1.29 is 22.7 Å². The number of amides is 1. The Morgan fingerprint density at radius 2 is 1.93 bits per heavy atom. The molecule has 3 rings (SSSR count). The molecule has 29 heavy (non-hydrogen) atoms. The van der Waals surface area contributed by atoms with E-state index in [-0.39, 0.29) is 23.8 Å². The first-order valence-corrected chi connectivity index (χ1v) is 12.0. The van der Waals surface area contributed by atoms with E-state index in [0.29, 0.717) is 37.8 Å². The van der Waals surface area contributed by atoms with Crippen LogP contribution in [0.25, 0.3) is 0 Å². The summed E-state index contributed by atoms with van der Waals surface area (Å²) in [5.74, 6) is 0.834. The van der Waals surface area contributed by atoms with Crippen molar-refractivity contribution in [2.45, 2.75) is 38.1 Å². The summed E-state index contributed by atoms with van der Waals surface area (Å²) in [5, 5.41) is 2.04. The highest BCUT2D eigenvalue weighted by Crippen LogP contribution is 2.30. The van der Waals surface area contributed by atoms with Crippen molar-refractivity contribution in [1.82, 2.24) is 9.62 Å². The van der Waals surface area contributed by atoms with Gasteiger partial charge in [-0.2, -0.15) is 0 Å². The molecule has 0 fully saturated rings. The minimum absolute atomic E-state index is 0.0470. The fourth-order valence-corrected chi connectivity index (χ4v) is 5.13. The van der Waals surface area contributed by atoms with E-state index in [2.05, 4.69) is 4.72 Å². The highest BCUT2D eigenvalue weighted by atomic mass is 32.2. The standard InChI is InChI=1S/C20H26N2O5S2/c1-3-26-17-6-5-16(13-18(17)27-4-2)29(24,25)21-10-7-20(23)22-11-8-19-15(14-22)9-12-28-19/h5-6,9,12-13,21H,3-4,7-8,10-11,14H2,1-2H3. The Morgan fingerprint density at radius 1 is 1.17 bits per heavy atom. The summed E-state index contributed by atoms with van der Waals surface area (Å²) in [6, 6.07) is 6.55. The first-order chi connectivity index (χ1) is 13.9. The van der Waals surface area contributed by atoms with Gasteiger partial charge in [-0.3, -0.25) is 4.79 Å². The van der Waals surface area contributed by atoms with Crippen LogP contribution in [0.3, 0.4) is 0 Å². The molecule has 0 saturated carbocycles. The zero-order valence-electron chi connectivity index (χ0n) is 16.6. The summed E-state index contributed by atoms with van der Waals surface area (Å²) >= 11 is 1.72. The largest absolute Gasteiger partial charge is 0.490 e. The molecule has 0 radical (unpaired) electrons.